The number of amides is 1. The predicted octanol–water partition coefficient (Wildman–Crippen LogP) is 3.11. The molecule has 0 fully saturated rings. The first kappa shape index (κ1) is 17.0. The van der Waals surface area contributed by atoms with Gasteiger partial charge in [-0.05, 0) is 24.6 Å². The zero-order valence-electron chi connectivity index (χ0n) is 14.3. The van der Waals surface area contributed by atoms with Crippen molar-refractivity contribution in [2.24, 2.45) is 5.16 Å². The minimum Gasteiger partial charge on any atom is -0.484 e. The van der Waals surface area contributed by atoms with Gasteiger partial charge in [0.2, 0.25) is 0 Å². The van der Waals surface area contributed by atoms with Crippen molar-refractivity contribution >= 4 is 11.6 Å². The molecule has 1 unspecified atom stereocenters. The number of oxime groups is 1. The number of likely N-dealkylation sites (N-methyl/N-ethyl adjacent to an activating group) is 1. The first-order valence-electron chi connectivity index (χ1n) is 8.50. The summed E-state index contributed by atoms with van der Waals surface area (Å²) in [5.74, 6) is 0.641. The molecule has 1 aliphatic rings. The third-order valence-electron chi connectivity index (χ3n) is 4.10. The van der Waals surface area contributed by atoms with Crippen molar-refractivity contribution in [3.63, 3.8) is 0 Å². The number of ether oxygens (including phenoxy) is 1. The monoisotopic (exact) mass is 338 g/mol. The summed E-state index contributed by atoms with van der Waals surface area (Å²) in [6.45, 7) is 3.09. The Kier molecular flexibility index (Phi) is 5.67. The second kappa shape index (κ2) is 8.33. The number of benzene rings is 2. The SMILES string of the molecule is CCN(CC1CC(c2ccccc2)=NO1)C(=O)COc1ccccc1. The topological polar surface area (TPSA) is 51.1 Å². The van der Waals surface area contributed by atoms with Crippen LogP contribution in [0.2, 0.25) is 0 Å². The molecule has 130 valence electrons. The maximum absolute atomic E-state index is 12.4. The number of carbonyl (C=O) groups excluding carboxylic acids is 1. The Morgan fingerprint density at radius 2 is 1.84 bits per heavy atom. The van der Waals surface area contributed by atoms with Crippen LogP contribution >= 0.6 is 0 Å². The average Bonchev–Trinajstić information content (AvgIpc) is 3.14. The van der Waals surface area contributed by atoms with Gasteiger partial charge in [-0.2, -0.15) is 0 Å². The summed E-state index contributed by atoms with van der Waals surface area (Å²) in [5, 5.41) is 4.18. The van der Waals surface area contributed by atoms with E-state index in [2.05, 4.69) is 5.16 Å². The van der Waals surface area contributed by atoms with Gasteiger partial charge in [0.1, 0.15) is 5.75 Å². The summed E-state index contributed by atoms with van der Waals surface area (Å²) in [5.41, 5.74) is 1.99. The summed E-state index contributed by atoms with van der Waals surface area (Å²) in [6, 6.07) is 19.3. The number of carbonyl (C=O) groups is 1. The van der Waals surface area contributed by atoms with Crippen LogP contribution in [0.1, 0.15) is 18.9 Å². The van der Waals surface area contributed by atoms with E-state index in [0.717, 1.165) is 11.3 Å². The fourth-order valence-corrected chi connectivity index (χ4v) is 2.73. The molecule has 25 heavy (non-hydrogen) atoms. The number of para-hydroxylation sites is 1. The van der Waals surface area contributed by atoms with E-state index in [9.17, 15) is 4.79 Å². The van der Waals surface area contributed by atoms with Gasteiger partial charge in [-0.15, -0.1) is 0 Å². The van der Waals surface area contributed by atoms with Crippen molar-refractivity contribution in [3.8, 4) is 5.75 Å². The number of hydrogen-bond donors (Lipinski definition) is 0. The highest BCUT2D eigenvalue weighted by Gasteiger charge is 2.26. The maximum Gasteiger partial charge on any atom is 0.260 e. The number of hydrogen-bond acceptors (Lipinski definition) is 4. The summed E-state index contributed by atoms with van der Waals surface area (Å²) in [7, 11) is 0. The van der Waals surface area contributed by atoms with Crippen molar-refractivity contribution in [2.45, 2.75) is 19.4 Å². The third kappa shape index (κ3) is 4.59. The standard InChI is InChI=1S/C20H22N2O3/c1-2-22(20(23)15-24-17-11-7-4-8-12-17)14-18-13-19(21-25-18)16-9-5-3-6-10-16/h3-12,18H,2,13-15H2,1H3. The highest BCUT2D eigenvalue weighted by molar-refractivity contribution is 6.01. The van der Waals surface area contributed by atoms with Crippen molar-refractivity contribution in [2.75, 3.05) is 19.7 Å². The zero-order chi connectivity index (χ0) is 17.5. The van der Waals surface area contributed by atoms with Gasteiger partial charge in [0.05, 0.1) is 12.3 Å². The molecule has 0 bridgehead atoms. The molecule has 1 amide bonds. The predicted molar refractivity (Wildman–Crippen MR) is 96.7 cm³/mol. The Balaban J connectivity index is 1.50. The molecule has 0 radical (unpaired) electrons. The Morgan fingerprint density at radius 3 is 2.52 bits per heavy atom. The first-order valence-corrected chi connectivity index (χ1v) is 8.50. The Morgan fingerprint density at radius 1 is 1.16 bits per heavy atom. The van der Waals surface area contributed by atoms with Gasteiger partial charge >= 0.3 is 0 Å². The number of nitrogens with zero attached hydrogens (tertiary/aromatic N) is 2. The van der Waals surface area contributed by atoms with Crippen molar-refractivity contribution in [3.05, 3.63) is 66.2 Å². The molecule has 1 atom stereocenters. The van der Waals surface area contributed by atoms with Crippen LogP contribution < -0.4 is 4.74 Å². The van der Waals surface area contributed by atoms with Crippen LogP contribution in [-0.2, 0) is 9.63 Å². The zero-order valence-corrected chi connectivity index (χ0v) is 14.3. The fraction of sp³-hybridized carbons (Fsp3) is 0.300. The molecule has 0 saturated carbocycles. The molecule has 5 heteroatoms. The maximum atomic E-state index is 12.4. The molecule has 5 nitrogen and oxygen atoms in total. The summed E-state index contributed by atoms with van der Waals surface area (Å²) in [4.78, 5) is 19.7. The van der Waals surface area contributed by atoms with Crippen LogP contribution in [0.3, 0.4) is 0 Å². The first-order chi connectivity index (χ1) is 12.3. The van der Waals surface area contributed by atoms with E-state index < -0.39 is 0 Å². The molecule has 3 rings (SSSR count). The number of rotatable bonds is 7. The van der Waals surface area contributed by atoms with Gasteiger partial charge in [0, 0.05) is 13.0 Å². The van der Waals surface area contributed by atoms with Crippen LogP contribution in [0.25, 0.3) is 0 Å². The molecule has 0 saturated heterocycles. The summed E-state index contributed by atoms with van der Waals surface area (Å²) in [6.07, 6.45) is 0.587. The van der Waals surface area contributed by atoms with E-state index in [1.165, 1.54) is 0 Å². The van der Waals surface area contributed by atoms with Crippen LogP contribution in [0.5, 0.6) is 5.75 Å². The van der Waals surface area contributed by atoms with Crippen LogP contribution in [0.4, 0.5) is 0 Å². The Labute approximate surface area is 147 Å². The normalized spacial score (nSPS) is 16.0. The van der Waals surface area contributed by atoms with Crippen molar-refractivity contribution < 1.29 is 14.4 Å². The molecular weight excluding hydrogens is 316 g/mol. The van der Waals surface area contributed by atoms with Crippen LogP contribution in [0, 0.1) is 0 Å². The minimum atomic E-state index is -0.115. The van der Waals surface area contributed by atoms with E-state index in [0.29, 0.717) is 25.3 Å². The lowest BCUT2D eigenvalue weighted by Gasteiger charge is -2.23. The minimum absolute atomic E-state index is 0.0248. The fourth-order valence-electron chi connectivity index (χ4n) is 2.73. The van der Waals surface area contributed by atoms with Crippen molar-refractivity contribution in [1.82, 2.24) is 4.90 Å². The molecule has 1 aliphatic heterocycles. The molecule has 1 heterocycles. The summed E-state index contributed by atoms with van der Waals surface area (Å²) >= 11 is 0. The molecular formula is C20H22N2O3. The molecule has 0 aromatic heterocycles. The molecule has 0 spiro atoms. The van der Waals surface area contributed by atoms with E-state index in [4.69, 9.17) is 9.57 Å². The quantitative estimate of drug-likeness (QED) is 0.779. The second-order valence-electron chi connectivity index (χ2n) is 5.87. The third-order valence-corrected chi connectivity index (χ3v) is 4.10. The smallest absolute Gasteiger partial charge is 0.260 e. The lowest BCUT2D eigenvalue weighted by molar-refractivity contribution is -0.134. The lowest BCUT2D eigenvalue weighted by atomic mass is 10.0. The Hall–Kier alpha value is -2.82. The highest BCUT2D eigenvalue weighted by atomic mass is 16.6. The molecule has 0 N–H and O–H groups in total. The van der Waals surface area contributed by atoms with Gasteiger partial charge in [-0.25, -0.2) is 0 Å². The van der Waals surface area contributed by atoms with Gasteiger partial charge in [0.25, 0.3) is 5.91 Å². The lowest BCUT2D eigenvalue weighted by Crippen LogP contribution is -2.40. The summed E-state index contributed by atoms with van der Waals surface area (Å²) < 4.78 is 5.54. The van der Waals surface area contributed by atoms with Gasteiger partial charge in [0.15, 0.2) is 12.7 Å². The molecule has 2 aromatic carbocycles. The molecule has 0 aliphatic carbocycles. The highest BCUT2D eigenvalue weighted by Crippen LogP contribution is 2.17. The average molecular weight is 338 g/mol. The van der Waals surface area contributed by atoms with E-state index in [-0.39, 0.29) is 18.6 Å². The van der Waals surface area contributed by atoms with E-state index >= 15 is 0 Å². The van der Waals surface area contributed by atoms with Crippen molar-refractivity contribution in [1.29, 1.82) is 0 Å². The Bertz CT molecular complexity index is 716. The van der Waals surface area contributed by atoms with Crippen LogP contribution in [-0.4, -0.2) is 42.3 Å². The molecule has 2 aromatic rings. The largest absolute Gasteiger partial charge is 0.484 e. The van der Waals surface area contributed by atoms with E-state index in [1.807, 2.05) is 67.6 Å². The van der Waals surface area contributed by atoms with Gasteiger partial charge < -0.3 is 14.5 Å². The van der Waals surface area contributed by atoms with E-state index in [1.54, 1.807) is 4.90 Å². The van der Waals surface area contributed by atoms with Gasteiger partial charge in [-0.1, -0.05) is 53.7 Å². The van der Waals surface area contributed by atoms with Crippen LogP contribution in [0.15, 0.2) is 65.8 Å². The van der Waals surface area contributed by atoms with Gasteiger partial charge in [-0.3, -0.25) is 4.79 Å². The second-order valence-corrected chi connectivity index (χ2v) is 5.87.